The summed E-state index contributed by atoms with van der Waals surface area (Å²) in [5.41, 5.74) is 11.9. The molecule has 21 heavy (non-hydrogen) atoms. The number of aryl methyl sites for hydroxylation is 3. The van der Waals surface area contributed by atoms with E-state index >= 15 is 0 Å². The number of para-hydroxylation sites is 1. The maximum atomic E-state index is 5.88. The first-order valence-corrected chi connectivity index (χ1v) is 6.79. The minimum Gasteiger partial charge on any atom is -0.399 e. The zero-order chi connectivity index (χ0) is 15.0. The number of hydrogen-bond donors (Lipinski definition) is 1. The molecular formula is C16H17N5. The average molecular weight is 279 g/mol. The van der Waals surface area contributed by atoms with E-state index in [-0.39, 0.29) is 0 Å². The number of nitrogens with two attached hydrogens (primary N) is 1. The first-order valence-electron chi connectivity index (χ1n) is 6.79. The SMILES string of the molecule is Cc1cc(-c2nnnn2-c2c(C)cccc2C)ccc1N. The van der Waals surface area contributed by atoms with Gasteiger partial charge in [-0.15, -0.1) is 5.10 Å². The van der Waals surface area contributed by atoms with Crippen molar-refractivity contribution in [2.24, 2.45) is 0 Å². The average Bonchev–Trinajstić information content (AvgIpc) is 2.91. The quantitative estimate of drug-likeness (QED) is 0.732. The summed E-state index contributed by atoms with van der Waals surface area (Å²) in [7, 11) is 0. The molecule has 5 nitrogen and oxygen atoms in total. The van der Waals surface area contributed by atoms with Gasteiger partial charge < -0.3 is 5.73 Å². The van der Waals surface area contributed by atoms with Crippen LogP contribution in [0.1, 0.15) is 16.7 Å². The maximum absolute atomic E-state index is 5.88. The zero-order valence-electron chi connectivity index (χ0n) is 12.3. The molecule has 0 fully saturated rings. The van der Waals surface area contributed by atoms with Crippen molar-refractivity contribution < 1.29 is 0 Å². The highest BCUT2D eigenvalue weighted by Crippen LogP contribution is 2.25. The zero-order valence-corrected chi connectivity index (χ0v) is 12.3. The molecule has 3 rings (SSSR count). The predicted molar refractivity (Wildman–Crippen MR) is 83.2 cm³/mol. The van der Waals surface area contributed by atoms with E-state index in [0.29, 0.717) is 0 Å². The van der Waals surface area contributed by atoms with E-state index in [1.165, 1.54) is 0 Å². The molecule has 0 unspecified atom stereocenters. The van der Waals surface area contributed by atoms with Gasteiger partial charge in [0.05, 0.1) is 5.69 Å². The Bertz CT molecular complexity index is 784. The second-order valence-electron chi connectivity index (χ2n) is 5.23. The Balaban J connectivity index is 2.20. The lowest BCUT2D eigenvalue weighted by Crippen LogP contribution is -2.04. The van der Waals surface area contributed by atoms with Crippen LogP contribution in [0.4, 0.5) is 5.69 Å². The Morgan fingerprint density at radius 2 is 1.67 bits per heavy atom. The molecule has 0 bridgehead atoms. The topological polar surface area (TPSA) is 69.6 Å². The molecule has 1 aromatic heterocycles. The number of tetrazole rings is 1. The fourth-order valence-electron chi connectivity index (χ4n) is 2.47. The smallest absolute Gasteiger partial charge is 0.187 e. The Morgan fingerprint density at radius 1 is 0.952 bits per heavy atom. The van der Waals surface area contributed by atoms with Crippen LogP contribution in [-0.4, -0.2) is 20.2 Å². The largest absolute Gasteiger partial charge is 0.399 e. The molecule has 2 N–H and O–H groups in total. The number of anilines is 1. The highest BCUT2D eigenvalue weighted by atomic mass is 15.5. The van der Waals surface area contributed by atoms with Crippen LogP contribution >= 0.6 is 0 Å². The van der Waals surface area contributed by atoms with Crippen LogP contribution in [0.25, 0.3) is 17.1 Å². The molecule has 0 amide bonds. The van der Waals surface area contributed by atoms with E-state index in [9.17, 15) is 0 Å². The van der Waals surface area contributed by atoms with Gasteiger partial charge in [0.2, 0.25) is 0 Å². The minimum atomic E-state index is 0.718. The Labute approximate surface area is 123 Å². The van der Waals surface area contributed by atoms with Crippen LogP contribution in [0, 0.1) is 20.8 Å². The number of nitrogen functional groups attached to an aromatic ring is 1. The van der Waals surface area contributed by atoms with E-state index < -0.39 is 0 Å². The molecule has 0 spiro atoms. The van der Waals surface area contributed by atoms with Crippen molar-refractivity contribution in [2.45, 2.75) is 20.8 Å². The van der Waals surface area contributed by atoms with Crippen molar-refractivity contribution >= 4 is 5.69 Å². The van der Waals surface area contributed by atoms with Gasteiger partial charge in [0.15, 0.2) is 5.82 Å². The third-order valence-electron chi connectivity index (χ3n) is 3.65. The molecule has 106 valence electrons. The Morgan fingerprint density at radius 3 is 2.33 bits per heavy atom. The standard InChI is InChI=1S/C16H17N5/c1-10-5-4-6-11(2)15(10)21-16(18-19-20-21)13-7-8-14(17)12(3)9-13/h4-9H,17H2,1-3H3. The molecule has 0 atom stereocenters. The second-order valence-corrected chi connectivity index (χ2v) is 5.23. The van der Waals surface area contributed by atoms with Crippen LogP contribution in [-0.2, 0) is 0 Å². The van der Waals surface area contributed by atoms with Crippen molar-refractivity contribution in [3.8, 4) is 17.1 Å². The van der Waals surface area contributed by atoms with E-state index in [1.807, 2.05) is 31.2 Å². The van der Waals surface area contributed by atoms with E-state index in [2.05, 4.69) is 41.5 Å². The lowest BCUT2D eigenvalue weighted by Gasteiger charge is -2.11. The molecule has 3 aromatic rings. The van der Waals surface area contributed by atoms with Gasteiger partial charge >= 0.3 is 0 Å². The van der Waals surface area contributed by atoms with Crippen LogP contribution in [0.15, 0.2) is 36.4 Å². The Hall–Kier alpha value is -2.69. The third-order valence-corrected chi connectivity index (χ3v) is 3.65. The third kappa shape index (κ3) is 2.27. The number of nitrogens with zero attached hydrogens (tertiary/aromatic N) is 4. The first kappa shape index (κ1) is 13.3. The summed E-state index contributed by atoms with van der Waals surface area (Å²) < 4.78 is 1.79. The molecule has 0 radical (unpaired) electrons. The van der Waals surface area contributed by atoms with Gasteiger partial charge in [-0.25, -0.2) is 0 Å². The van der Waals surface area contributed by atoms with Crippen molar-refractivity contribution in [3.05, 3.63) is 53.1 Å². The highest BCUT2D eigenvalue weighted by molar-refractivity contribution is 5.64. The van der Waals surface area contributed by atoms with Gasteiger partial charge in [0.1, 0.15) is 0 Å². The van der Waals surface area contributed by atoms with E-state index in [0.717, 1.165) is 39.5 Å². The number of aromatic nitrogens is 4. The molecule has 2 aromatic carbocycles. The van der Waals surface area contributed by atoms with Crippen molar-refractivity contribution in [2.75, 3.05) is 5.73 Å². The summed E-state index contributed by atoms with van der Waals surface area (Å²) >= 11 is 0. The number of rotatable bonds is 2. The summed E-state index contributed by atoms with van der Waals surface area (Å²) in [5.74, 6) is 0.718. The molecule has 0 aliphatic carbocycles. The molecule has 0 saturated carbocycles. The molecule has 5 heteroatoms. The number of benzene rings is 2. The van der Waals surface area contributed by atoms with Crippen LogP contribution < -0.4 is 5.73 Å². The van der Waals surface area contributed by atoms with Gasteiger partial charge in [-0.2, -0.15) is 4.68 Å². The molecule has 0 aliphatic rings. The van der Waals surface area contributed by atoms with Crippen LogP contribution in [0.2, 0.25) is 0 Å². The van der Waals surface area contributed by atoms with Gasteiger partial charge in [-0.3, -0.25) is 0 Å². The van der Waals surface area contributed by atoms with Gasteiger partial charge in [0.25, 0.3) is 0 Å². The normalized spacial score (nSPS) is 10.8. The summed E-state index contributed by atoms with van der Waals surface area (Å²) in [6.45, 7) is 6.09. The predicted octanol–water partition coefficient (Wildman–Crippen LogP) is 2.84. The highest BCUT2D eigenvalue weighted by Gasteiger charge is 2.14. The van der Waals surface area contributed by atoms with Gasteiger partial charge in [0, 0.05) is 11.3 Å². The monoisotopic (exact) mass is 279 g/mol. The van der Waals surface area contributed by atoms with Crippen molar-refractivity contribution in [3.63, 3.8) is 0 Å². The summed E-state index contributed by atoms with van der Waals surface area (Å²) in [4.78, 5) is 0. The molecule has 0 aliphatic heterocycles. The van der Waals surface area contributed by atoms with Gasteiger partial charge in [-0.1, -0.05) is 18.2 Å². The first-order chi connectivity index (χ1) is 10.1. The van der Waals surface area contributed by atoms with Crippen LogP contribution in [0.5, 0.6) is 0 Å². The van der Waals surface area contributed by atoms with Crippen molar-refractivity contribution in [1.82, 2.24) is 20.2 Å². The Kier molecular flexibility index (Phi) is 3.17. The van der Waals surface area contributed by atoms with Gasteiger partial charge in [-0.05, 0) is 66.1 Å². The fourth-order valence-corrected chi connectivity index (χ4v) is 2.47. The fraction of sp³-hybridized carbons (Fsp3) is 0.188. The minimum absolute atomic E-state index is 0.718. The number of hydrogen-bond acceptors (Lipinski definition) is 4. The summed E-state index contributed by atoms with van der Waals surface area (Å²) in [6, 6.07) is 12.0. The van der Waals surface area contributed by atoms with Crippen LogP contribution in [0.3, 0.4) is 0 Å². The van der Waals surface area contributed by atoms with E-state index in [1.54, 1.807) is 4.68 Å². The summed E-state index contributed by atoms with van der Waals surface area (Å²) in [5, 5.41) is 12.2. The molecule has 1 heterocycles. The summed E-state index contributed by atoms with van der Waals surface area (Å²) in [6.07, 6.45) is 0. The van der Waals surface area contributed by atoms with Crippen molar-refractivity contribution in [1.29, 1.82) is 0 Å². The lowest BCUT2D eigenvalue weighted by molar-refractivity contribution is 0.783. The maximum Gasteiger partial charge on any atom is 0.187 e. The lowest BCUT2D eigenvalue weighted by atomic mass is 10.1. The molecule has 0 saturated heterocycles. The van der Waals surface area contributed by atoms with E-state index in [4.69, 9.17) is 5.73 Å². The molecular weight excluding hydrogens is 262 g/mol. The second kappa shape index (κ2) is 5.01.